The molecule has 0 fully saturated rings. The van der Waals surface area contributed by atoms with Crippen LogP contribution in [-0.4, -0.2) is 45.8 Å². The highest BCUT2D eigenvalue weighted by Crippen LogP contribution is 1.95. The number of carbonyl (C=O) groups excluding carboxylic acids is 1. The fourth-order valence-electron chi connectivity index (χ4n) is 1.26. The third-order valence-electron chi connectivity index (χ3n) is 2.10. The van der Waals surface area contributed by atoms with E-state index in [9.17, 15) is 4.79 Å². The van der Waals surface area contributed by atoms with Gasteiger partial charge < -0.3 is 14.8 Å². The zero-order valence-electron chi connectivity index (χ0n) is 10.6. The van der Waals surface area contributed by atoms with Gasteiger partial charge in [-0.2, -0.15) is 0 Å². The maximum absolute atomic E-state index is 10.5. The summed E-state index contributed by atoms with van der Waals surface area (Å²) >= 11 is 0. The van der Waals surface area contributed by atoms with Gasteiger partial charge >= 0.3 is 0 Å². The molecule has 0 spiro atoms. The smallest absolute Gasteiger partial charge is 0.155 e. The second kappa shape index (κ2) is 12.6. The Bertz CT molecular complexity index is 162. The molecule has 0 aromatic carbocycles. The number of ether oxygens (including phenoxy) is 2. The van der Waals surface area contributed by atoms with Crippen molar-refractivity contribution in [3.05, 3.63) is 0 Å². The number of ketones is 1. The average Bonchev–Trinajstić information content (AvgIpc) is 2.25. The molecule has 0 rings (SSSR count). The third kappa shape index (κ3) is 13.5. The first-order chi connectivity index (χ1) is 7.77. The van der Waals surface area contributed by atoms with Gasteiger partial charge in [0.2, 0.25) is 0 Å². The minimum absolute atomic E-state index is 0.0745. The van der Waals surface area contributed by atoms with E-state index in [0.717, 1.165) is 32.6 Å². The van der Waals surface area contributed by atoms with Gasteiger partial charge in [-0.1, -0.05) is 0 Å². The highest BCUT2D eigenvalue weighted by Gasteiger charge is 1.94. The Kier molecular flexibility index (Phi) is 12.3. The predicted molar refractivity (Wildman–Crippen MR) is 64.7 cm³/mol. The maximum Gasteiger partial charge on any atom is 0.155 e. The summed E-state index contributed by atoms with van der Waals surface area (Å²) in [5, 5.41) is 3.12. The Morgan fingerprint density at radius 3 is 2.38 bits per heavy atom. The maximum atomic E-state index is 10.5. The van der Waals surface area contributed by atoms with Gasteiger partial charge in [-0.25, -0.2) is 0 Å². The van der Waals surface area contributed by atoms with Gasteiger partial charge in [0.25, 0.3) is 0 Å². The summed E-state index contributed by atoms with van der Waals surface area (Å²) in [7, 11) is 1.97. The van der Waals surface area contributed by atoms with Crippen molar-refractivity contribution in [1.82, 2.24) is 5.32 Å². The van der Waals surface area contributed by atoms with Crippen LogP contribution in [0.2, 0.25) is 0 Å². The fourth-order valence-corrected chi connectivity index (χ4v) is 1.26. The average molecular weight is 231 g/mol. The first-order valence-electron chi connectivity index (χ1n) is 6.07. The van der Waals surface area contributed by atoms with Crippen LogP contribution in [0.25, 0.3) is 0 Å². The van der Waals surface area contributed by atoms with Crippen molar-refractivity contribution < 1.29 is 14.3 Å². The van der Waals surface area contributed by atoms with Crippen LogP contribution in [0.4, 0.5) is 0 Å². The summed E-state index contributed by atoms with van der Waals surface area (Å²) in [4.78, 5) is 10.5. The number of hydrogen-bond acceptors (Lipinski definition) is 4. The van der Waals surface area contributed by atoms with Gasteiger partial charge in [-0.05, 0) is 46.2 Å². The lowest BCUT2D eigenvalue weighted by Crippen LogP contribution is -2.08. The molecule has 0 aromatic rings. The van der Waals surface area contributed by atoms with Crippen LogP contribution < -0.4 is 5.32 Å². The highest BCUT2D eigenvalue weighted by molar-refractivity contribution is 5.76. The van der Waals surface area contributed by atoms with Crippen molar-refractivity contribution in [2.45, 2.75) is 32.6 Å². The van der Waals surface area contributed by atoms with Gasteiger partial charge in [0.05, 0.1) is 0 Å². The van der Waals surface area contributed by atoms with Crippen molar-refractivity contribution in [2.75, 3.05) is 40.0 Å². The molecule has 0 atom stereocenters. The van der Waals surface area contributed by atoms with Crippen LogP contribution in [0.5, 0.6) is 0 Å². The van der Waals surface area contributed by atoms with Gasteiger partial charge in [0.15, 0.2) is 5.78 Å². The number of Topliss-reactive ketones (excluding diaryl/α,β-unsaturated/α-hetero) is 1. The number of rotatable bonds is 12. The summed E-state index contributed by atoms with van der Waals surface area (Å²) in [5.74, 6) is 0.0745. The topological polar surface area (TPSA) is 47.6 Å². The minimum Gasteiger partial charge on any atom is -0.381 e. The van der Waals surface area contributed by atoms with E-state index in [-0.39, 0.29) is 12.4 Å². The van der Waals surface area contributed by atoms with E-state index in [4.69, 9.17) is 9.47 Å². The summed E-state index contributed by atoms with van der Waals surface area (Å²) < 4.78 is 10.6. The second-order valence-corrected chi connectivity index (χ2v) is 3.88. The number of nitrogens with one attached hydrogen (secondary N) is 1. The molecule has 96 valence electrons. The van der Waals surface area contributed by atoms with Crippen molar-refractivity contribution in [3.8, 4) is 0 Å². The van der Waals surface area contributed by atoms with Gasteiger partial charge in [0, 0.05) is 19.8 Å². The lowest BCUT2D eigenvalue weighted by atomic mass is 10.2. The summed E-state index contributed by atoms with van der Waals surface area (Å²) in [5.41, 5.74) is 0. The molecule has 0 radical (unpaired) electrons. The lowest BCUT2D eigenvalue weighted by Gasteiger charge is -2.04. The third-order valence-corrected chi connectivity index (χ3v) is 2.10. The summed E-state index contributed by atoms with van der Waals surface area (Å²) in [6.45, 7) is 5.00. The number of hydrogen-bond donors (Lipinski definition) is 1. The largest absolute Gasteiger partial charge is 0.381 e. The van der Waals surface area contributed by atoms with Crippen molar-refractivity contribution in [3.63, 3.8) is 0 Å². The van der Waals surface area contributed by atoms with Crippen LogP contribution in [0.15, 0.2) is 0 Å². The quantitative estimate of drug-likeness (QED) is 0.516. The molecule has 0 unspecified atom stereocenters. The normalized spacial score (nSPS) is 10.6. The Morgan fingerprint density at radius 1 is 1.00 bits per heavy atom. The fraction of sp³-hybridized carbons (Fsp3) is 0.917. The molecule has 0 saturated carbocycles. The Hall–Kier alpha value is -0.450. The molecule has 0 saturated heterocycles. The molecule has 0 bridgehead atoms. The molecule has 16 heavy (non-hydrogen) atoms. The predicted octanol–water partition coefficient (Wildman–Crippen LogP) is 1.39. The van der Waals surface area contributed by atoms with Crippen molar-refractivity contribution >= 4 is 5.78 Å². The van der Waals surface area contributed by atoms with Gasteiger partial charge in [-0.15, -0.1) is 0 Å². The van der Waals surface area contributed by atoms with E-state index < -0.39 is 0 Å². The van der Waals surface area contributed by atoms with Crippen LogP contribution in [0, 0.1) is 0 Å². The lowest BCUT2D eigenvalue weighted by molar-refractivity contribution is -0.121. The monoisotopic (exact) mass is 231 g/mol. The summed E-state index contributed by atoms with van der Waals surface area (Å²) in [6, 6.07) is 0. The second-order valence-electron chi connectivity index (χ2n) is 3.88. The van der Waals surface area contributed by atoms with Crippen LogP contribution in [-0.2, 0) is 14.3 Å². The van der Waals surface area contributed by atoms with Gasteiger partial charge in [-0.3, -0.25) is 4.79 Å². The zero-order valence-corrected chi connectivity index (χ0v) is 10.6. The Morgan fingerprint density at radius 2 is 1.69 bits per heavy atom. The summed E-state index contributed by atoms with van der Waals surface area (Å²) in [6.07, 6.45) is 4.41. The molecule has 4 heteroatoms. The SMILES string of the molecule is CNCCCCCOCCCOCC(C)=O. The zero-order chi connectivity index (χ0) is 12.1. The van der Waals surface area contributed by atoms with E-state index in [1.54, 1.807) is 0 Å². The minimum atomic E-state index is 0.0745. The van der Waals surface area contributed by atoms with E-state index in [1.165, 1.54) is 19.8 Å². The molecule has 0 aromatic heterocycles. The number of carbonyl (C=O) groups is 1. The van der Waals surface area contributed by atoms with E-state index in [0.29, 0.717) is 6.61 Å². The van der Waals surface area contributed by atoms with Crippen molar-refractivity contribution in [2.24, 2.45) is 0 Å². The van der Waals surface area contributed by atoms with E-state index in [2.05, 4.69) is 5.32 Å². The Labute approximate surface area is 98.7 Å². The van der Waals surface area contributed by atoms with E-state index in [1.807, 2.05) is 7.05 Å². The number of unbranched alkanes of at least 4 members (excludes halogenated alkanes) is 2. The molecular weight excluding hydrogens is 206 g/mol. The Balaban J connectivity index is 2.90. The molecule has 1 N–H and O–H groups in total. The molecule has 0 amide bonds. The molecule has 4 nitrogen and oxygen atoms in total. The molecule has 0 aliphatic heterocycles. The molecular formula is C12H25NO3. The first kappa shape index (κ1) is 15.6. The first-order valence-corrected chi connectivity index (χ1v) is 6.07. The molecule has 0 aliphatic carbocycles. The van der Waals surface area contributed by atoms with E-state index >= 15 is 0 Å². The van der Waals surface area contributed by atoms with Crippen LogP contribution in [0.1, 0.15) is 32.6 Å². The van der Waals surface area contributed by atoms with Gasteiger partial charge in [0.1, 0.15) is 6.61 Å². The van der Waals surface area contributed by atoms with Crippen LogP contribution >= 0.6 is 0 Å². The molecule has 0 heterocycles. The standard InChI is InChI=1S/C12H25NO3/c1-12(14)11-16-10-6-9-15-8-5-3-4-7-13-2/h13H,3-11H2,1-2H3. The van der Waals surface area contributed by atoms with Crippen LogP contribution in [0.3, 0.4) is 0 Å². The molecule has 0 aliphatic rings. The highest BCUT2D eigenvalue weighted by atomic mass is 16.5. The van der Waals surface area contributed by atoms with Crippen molar-refractivity contribution in [1.29, 1.82) is 0 Å².